The molecule has 0 saturated heterocycles. The first kappa shape index (κ1) is 21.0. The molecule has 0 fully saturated rings. The van der Waals surface area contributed by atoms with Crippen molar-refractivity contribution < 1.29 is 4.79 Å². The number of carbonyl (C=O) groups is 1. The largest absolute Gasteiger partial charge is 0.337 e. The van der Waals surface area contributed by atoms with Gasteiger partial charge >= 0.3 is 0 Å². The molecule has 154 valence electrons. The van der Waals surface area contributed by atoms with Crippen LogP contribution in [0.25, 0.3) is 10.9 Å². The molecule has 0 saturated carbocycles. The number of nitriles is 1. The van der Waals surface area contributed by atoms with E-state index in [2.05, 4.69) is 17.6 Å². The number of para-hydroxylation sites is 2. The lowest BCUT2D eigenvalue weighted by Crippen LogP contribution is -2.23. The average Bonchev–Trinajstić information content (AvgIpc) is 3.11. The molecule has 0 atom stereocenters. The van der Waals surface area contributed by atoms with E-state index in [1.807, 2.05) is 42.3 Å². The number of Topliss-reactive ketones (excluding diaryl/α,β-unsaturated/α-hetero) is 1. The van der Waals surface area contributed by atoms with Crippen molar-refractivity contribution in [2.24, 2.45) is 0 Å². The highest BCUT2D eigenvalue weighted by Gasteiger charge is 2.28. The maximum absolute atomic E-state index is 13.0. The number of anilines is 1. The quantitative estimate of drug-likeness (QED) is 0.184. The summed E-state index contributed by atoms with van der Waals surface area (Å²) in [5.41, 5.74) is 1.46. The number of fused-ring (bicyclic) bond motifs is 2. The molecule has 0 N–H and O–H groups in total. The van der Waals surface area contributed by atoms with E-state index >= 15 is 0 Å². The Kier molecular flexibility index (Phi) is 5.98. The van der Waals surface area contributed by atoms with Crippen molar-refractivity contribution in [3.8, 4) is 6.07 Å². The van der Waals surface area contributed by atoms with Gasteiger partial charge in [0, 0.05) is 18.5 Å². The van der Waals surface area contributed by atoms with Crippen LogP contribution in [0.1, 0.15) is 0 Å². The van der Waals surface area contributed by atoms with Gasteiger partial charge in [0.05, 0.1) is 22.3 Å². The predicted octanol–water partition coefficient (Wildman–Crippen LogP) is 4.22. The van der Waals surface area contributed by atoms with Crippen LogP contribution in [0.15, 0.2) is 86.6 Å². The fraction of sp³-hybridized carbons (Fsp3) is 0.130. The first-order chi connectivity index (χ1) is 15.0. The summed E-state index contributed by atoms with van der Waals surface area (Å²) in [6.07, 6.45) is 1.62. The summed E-state index contributed by atoms with van der Waals surface area (Å²) in [6, 6.07) is 16.9. The predicted molar refractivity (Wildman–Crippen MR) is 125 cm³/mol. The lowest BCUT2D eigenvalue weighted by molar-refractivity contribution is -0.112. The van der Waals surface area contributed by atoms with Gasteiger partial charge in [-0.2, -0.15) is 5.26 Å². The van der Waals surface area contributed by atoms with Gasteiger partial charge in [-0.1, -0.05) is 53.9 Å². The topological polar surface area (TPSA) is 79.0 Å². The van der Waals surface area contributed by atoms with E-state index in [1.165, 1.54) is 16.3 Å². The van der Waals surface area contributed by atoms with E-state index in [0.29, 0.717) is 21.1 Å². The maximum Gasteiger partial charge on any atom is 0.262 e. The molecule has 4 rings (SSSR count). The minimum Gasteiger partial charge on any atom is -0.337 e. The van der Waals surface area contributed by atoms with Gasteiger partial charge in [-0.25, -0.2) is 4.98 Å². The van der Waals surface area contributed by atoms with Gasteiger partial charge in [0.2, 0.25) is 0 Å². The number of aromatic nitrogens is 2. The Hall–Kier alpha value is -3.28. The molecule has 1 aliphatic heterocycles. The van der Waals surface area contributed by atoms with E-state index in [-0.39, 0.29) is 29.2 Å². The molecule has 1 aliphatic rings. The van der Waals surface area contributed by atoms with E-state index in [0.717, 1.165) is 22.3 Å². The number of allylic oxidation sites excluding steroid dienone is 2. The van der Waals surface area contributed by atoms with Gasteiger partial charge in [0.1, 0.15) is 16.7 Å². The van der Waals surface area contributed by atoms with Crippen LogP contribution in [-0.2, 0) is 11.3 Å². The molecule has 0 radical (unpaired) electrons. The van der Waals surface area contributed by atoms with Crippen LogP contribution >= 0.6 is 23.5 Å². The van der Waals surface area contributed by atoms with Crippen molar-refractivity contribution >= 4 is 45.9 Å². The molecular weight excluding hydrogens is 428 g/mol. The number of hydrogen-bond acceptors (Lipinski definition) is 7. The van der Waals surface area contributed by atoms with Crippen molar-refractivity contribution in [1.82, 2.24) is 9.55 Å². The van der Waals surface area contributed by atoms with Gasteiger partial charge < -0.3 is 4.90 Å². The fourth-order valence-corrected chi connectivity index (χ4v) is 5.34. The molecule has 0 spiro atoms. The molecule has 0 bridgehead atoms. The molecular formula is C23H18N4O2S2. The summed E-state index contributed by atoms with van der Waals surface area (Å²) in [5, 5.41) is 11.3. The summed E-state index contributed by atoms with van der Waals surface area (Å²) in [7, 11) is 1.85. The molecule has 0 aliphatic carbocycles. The third-order valence-corrected chi connectivity index (χ3v) is 7.03. The van der Waals surface area contributed by atoms with Crippen LogP contribution in [-0.4, -0.2) is 28.1 Å². The normalized spacial score (nSPS) is 14.3. The lowest BCUT2D eigenvalue weighted by atomic mass is 10.2. The molecule has 6 nitrogen and oxygen atoms in total. The monoisotopic (exact) mass is 446 g/mol. The van der Waals surface area contributed by atoms with E-state index in [9.17, 15) is 14.9 Å². The minimum atomic E-state index is -0.304. The minimum absolute atomic E-state index is 0.000931. The highest BCUT2D eigenvalue weighted by molar-refractivity contribution is 8.03. The smallest absolute Gasteiger partial charge is 0.262 e. The zero-order valence-corrected chi connectivity index (χ0v) is 18.4. The molecule has 2 heterocycles. The number of ketones is 1. The van der Waals surface area contributed by atoms with Crippen molar-refractivity contribution in [2.45, 2.75) is 16.6 Å². The molecule has 0 amide bonds. The van der Waals surface area contributed by atoms with Gasteiger partial charge in [-0.05, 0) is 24.3 Å². The molecule has 1 aromatic heterocycles. The molecule has 8 heteroatoms. The van der Waals surface area contributed by atoms with Gasteiger partial charge in [0.15, 0.2) is 10.9 Å². The standard InChI is InChI=1S/C23H18N4O2S2/c1-3-12-27-21(29)15-8-4-5-9-17(15)25-23(27)30-14-19(28)16(13-24)22-26(2)18-10-6-7-11-20(18)31-22/h3-11H,1,12,14H2,2H3/b22-16-. The number of nitrogens with zero attached hydrogens (tertiary/aromatic N) is 4. The van der Waals surface area contributed by atoms with Crippen molar-refractivity contribution in [3.63, 3.8) is 0 Å². The fourth-order valence-electron chi connectivity index (χ4n) is 3.30. The van der Waals surface area contributed by atoms with Crippen LogP contribution in [0.5, 0.6) is 0 Å². The Bertz CT molecular complexity index is 1340. The summed E-state index contributed by atoms with van der Waals surface area (Å²) in [5.74, 6) is -0.304. The molecule has 2 aromatic carbocycles. The summed E-state index contributed by atoms with van der Waals surface area (Å²) >= 11 is 2.56. The molecule has 3 aromatic rings. The Balaban J connectivity index is 1.64. The Morgan fingerprint density at radius 3 is 2.74 bits per heavy atom. The summed E-state index contributed by atoms with van der Waals surface area (Å²) in [4.78, 5) is 33.3. The van der Waals surface area contributed by atoms with Crippen molar-refractivity contribution in [1.29, 1.82) is 5.26 Å². The van der Waals surface area contributed by atoms with Gasteiger partial charge in [0.25, 0.3) is 5.56 Å². The number of benzene rings is 2. The van der Waals surface area contributed by atoms with E-state index in [4.69, 9.17) is 0 Å². The number of thioether (sulfide) groups is 2. The first-order valence-corrected chi connectivity index (χ1v) is 11.3. The second kappa shape index (κ2) is 8.84. The van der Waals surface area contributed by atoms with Gasteiger partial charge in [-0.15, -0.1) is 6.58 Å². The molecule has 0 unspecified atom stereocenters. The SMILES string of the molecule is C=CCn1c(SCC(=O)/C(C#N)=C2\Sc3ccccc3N2C)nc2ccccc2c1=O. The third-order valence-electron chi connectivity index (χ3n) is 4.81. The van der Waals surface area contributed by atoms with Crippen LogP contribution in [0, 0.1) is 11.3 Å². The van der Waals surface area contributed by atoms with Crippen LogP contribution < -0.4 is 10.5 Å². The maximum atomic E-state index is 13.0. The highest BCUT2D eigenvalue weighted by atomic mass is 32.2. The summed E-state index contributed by atoms with van der Waals surface area (Å²) in [6.45, 7) is 4.00. The Morgan fingerprint density at radius 1 is 1.26 bits per heavy atom. The lowest BCUT2D eigenvalue weighted by Gasteiger charge is -2.15. The van der Waals surface area contributed by atoms with Gasteiger partial charge in [-0.3, -0.25) is 14.2 Å². The Labute approximate surface area is 187 Å². The van der Waals surface area contributed by atoms with Crippen molar-refractivity contribution in [2.75, 3.05) is 17.7 Å². The second-order valence-corrected chi connectivity index (χ2v) is 8.72. The Morgan fingerprint density at radius 2 is 2.00 bits per heavy atom. The van der Waals surface area contributed by atoms with Crippen molar-refractivity contribution in [3.05, 3.63) is 82.1 Å². The zero-order valence-electron chi connectivity index (χ0n) is 16.7. The number of carbonyl (C=O) groups excluding carboxylic acids is 1. The average molecular weight is 447 g/mol. The van der Waals surface area contributed by atoms with E-state index < -0.39 is 0 Å². The molecule has 31 heavy (non-hydrogen) atoms. The number of hydrogen-bond donors (Lipinski definition) is 0. The van der Waals surface area contributed by atoms with Crippen LogP contribution in [0.2, 0.25) is 0 Å². The van der Waals surface area contributed by atoms with Crippen LogP contribution in [0.3, 0.4) is 0 Å². The summed E-state index contributed by atoms with van der Waals surface area (Å²) < 4.78 is 1.50. The number of rotatable bonds is 6. The first-order valence-electron chi connectivity index (χ1n) is 9.46. The zero-order chi connectivity index (χ0) is 22.0. The second-order valence-electron chi connectivity index (χ2n) is 6.75. The highest BCUT2D eigenvalue weighted by Crippen LogP contribution is 2.46. The van der Waals surface area contributed by atoms with E-state index in [1.54, 1.807) is 24.3 Å². The third kappa shape index (κ3) is 3.90. The van der Waals surface area contributed by atoms with Crippen LogP contribution in [0.4, 0.5) is 5.69 Å².